The zero-order chi connectivity index (χ0) is 13.8. The smallest absolute Gasteiger partial charge is 0.228 e. The molecule has 2 aliphatic rings. The second kappa shape index (κ2) is 6.17. The van der Waals surface area contributed by atoms with Crippen molar-refractivity contribution in [1.82, 2.24) is 10.6 Å². The van der Waals surface area contributed by atoms with Gasteiger partial charge in [-0.1, -0.05) is 0 Å². The van der Waals surface area contributed by atoms with Crippen LogP contribution in [-0.4, -0.2) is 63.2 Å². The van der Waals surface area contributed by atoms with Gasteiger partial charge in [0.05, 0.1) is 18.6 Å². The molecule has 2 fully saturated rings. The number of ether oxygens (including phenoxy) is 2. The van der Waals surface area contributed by atoms with Crippen LogP contribution in [0.1, 0.15) is 19.3 Å². The SMILES string of the molecule is COCC1(C(=O)NCC2(O)CCOC2)CCNCC1. The quantitative estimate of drug-likeness (QED) is 0.615. The average molecular weight is 272 g/mol. The largest absolute Gasteiger partial charge is 0.386 e. The van der Waals surface area contributed by atoms with Gasteiger partial charge in [-0.3, -0.25) is 4.79 Å². The molecule has 19 heavy (non-hydrogen) atoms. The van der Waals surface area contributed by atoms with E-state index in [9.17, 15) is 9.90 Å². The third kappa shape index (κ3) is 3.45. The number of carbonyl (C=O) groups excluding carboxylic acids is 1. The van der Waals surface area contributed by atoms with Crippen molar-refractivity contribution in [3.05, 3.63) is 0 Å². The van der Waals surface area contributed by atoms with Crippen molar-refractivity contribution in [2.24, 2.45) is 5.41 Å². The number of hydrogen-bond acceptors (Lipinski definition) is 5. The van der Waals surface area contributed by atoms with Gasteiger partial charge in [0.25, 0.3) is 0 Å². The Hall–Kier alpha value is -0.690. The summed E-state index contributed by atoms with van der Waals surface area (Å²) in [5, 5.41) is 16.3. The fourth-order valence-corrected chi connectivity index (χ4v) is 2.79. The molecule has 0 aromatic carbocycles. The Balaban J connectivity index is 1.91. The van der Waals surface area contributed by atoms with Gasteiger partial charge in [-0.15, -0.1) is 0 Å². The zero-order valence-electron chi connectivity index (χ0n) is 11.5. The minimum Gasteiger partial charge on any atom is -0.386 e. The molecular weight excluding hydrogens is 248 g/mol. The molecule has 3 N–H and O–H groups in total. The van der Waals surface area contributed by atoms with E-state index in [2.05, 4.69) is 10.6 Å². The lowest BCUT2D eigenvalue weighted by Crippen LogP contribution is -2.53. The molecule has 110 valence electrons. The number of methoxy groups -OCH3 is 1. The minimum absolute atomic E-state index is 0.0174. The molecule has 2 saturated heterocycles. The summed E-state index contributed by atoms with van der Waals surface area (Å²) < 4.78 is 10.4. The van der Waals surface area contributed by atoms with E-state index < -0.39 is 11.0 Å². The topological polar surface area (TPSA) is 79.8 Å². The molecule has 0 radical (unpaired) electrons. The highest BCUT2D eigenvalue weighted by Crippen LogP contribution is 2.29. The van der Waals surface area contributed by atoms with Crippen molar-refractivity contribution in [3.63, 3.8) is 0 Å². The van der Waals surface area contributed by atoms with Gasteiger partial charge in [0.15, 0.2) is 0 Å². The summed E-state index contributed by atoms with van der Waals surface area (Å²) >= 11 is 0. The molecule has 0 spiro atoms. The molecule has 0 aromatic rings. The maximum atomic E-state index is 12.4. The summed E-state index contributed by atoms with van der Waals surface area (Å²) in [6.45, 7) is 3.18. The standard InChI is InChI=1S/C13H24N2O4/c1-18-9-12(2-5-14-6-3-12)11(16)15-8-13(17)4-7-19-10-13/h14,17H,2-10H2,1H3,(H,15,16). The van der Waals surface area contributed by atoms with Crippen LogP contribution in [0.25, 0.3) is 0 Å². The number of amides is 1. The highest BCUT2D eigenvalue weighted by atomic mass is 16.5. The first-order valence-electron chi connectivity index (χ1n) is 6.88. The predicted octanol–water partition coefficient (Wildman–Crippen LogP) is -0.730. The van der Waals surface area contributed by atoms with Crippen molar-refractivity contribution in [1.29, 1.82) is 0 Å². The van der Waals surface area contributed by atoms with Crippen LogP contribution in [0.2, 0.25) is 0 Å². The molecule has 1 amide bonds. The average Bonchev–Trinajstić information content (AvgIpc) is 2.85. The monoisotopic (exact) mass is 272 g/mol. The van der Waals surface area contributed by atoms with Crippen molar-refractivity contribution in [2.45, 2.75) is 24.9 Å². The third-order valence-electron chi connectivity index (χ3n) is 4.12. The van der Waals surface area contributed by atoms with E-state index in [4.69, 9.17) is 9.47 Å². The molecule has 6 nitrogen and oxygen atoms in total. The summed E-state index contributed by atoms with van der Waals surface area (Å²) in [4.78, 5) is 12.4. The van der Waals surface area contributed by atoms with Gasteiger partial charge in [0, 0.05) is 26.7 Å². The molecular formula is C13H24N2O4. The lowest BCUT2D eigenvalue weighted by atomic mass is 9.78. The van der Waals surface area contributed by atoms with Gasteiger partial charge in [-0.05, 0) is 25.9 Å². The van der Waals surface area contributed by atoms with Crippen molar-refractivity contribution in [2.75, 3.05) is 46.6 Å². The normalized spacial score (nSPS) is 30.2. The van der Waals surface area contributed by atoms with Crippen LogP contribution < -0.4 is 10.6 Å². The lowest BCUT2D eigenvalue weighted by Gasteiger charge is -2.36. The number of carbonyl (C=O) groups is 1. The summed E-state index contributed by atoms with van der Waals surface area (Å²) in [5.41, 5.74) is -1.37. The van der Waals surface area contributed by atoms with Crippen LogP contribution >= 0.6 is 0 Å². The minimum atomic E-state index is -0.906. The summed E-state index contributed by atoms with van der Waals surface area (Å²) in [7, 11) is 1.62. The molecule has 2 heterocycles. The summed E-state index contributed by atoms with van der Waals surface area (Å²) in [6.07, 6.45) is 2.11. The molecule has 1 atom stereocenters. The Morgan fingerprint density at radius 1 is 1.42 bits per heavy atom. The molecule has 2 aliphatic heterocycles. The van der Waals surface area contributed by atoms with E-state index in [1.807, 2.05) is 0 Å². The first kappa shape index (κ1) is 14.7. The van der Waals surface area contributed by atoms with Crippen LogP contribution in [-0.2, 0) is 14.3 Å². The number of aliphatic hydroxyl groups is 1. The van der Waals surface area contributed by atoms with E-state index in [0.29, 0.717) is 26.2 Å². The van der Waals surface area contributed by atoms with Gasteiger partial charge in [0.2, 0.25) is 5.91 Å². The second-order valence-electron chi connectivity index (χ2n) is 5.67. The first-order valence-corrected chi connectivity index (χ1v) is 6.88. The predicted molar refractivity (Wildman–Crippen MR) is 69.8 cm³/mol. The van der Waals surface area contributed by atoms with E-state index in [0.717, 1.165) is 25.9 Å². The maximum Gasteiger partial charge on any atom is 0.228 e. The van der Waals surface area contributed by atoms with Crippen molar-refractivity contribution >= 4 is 5.91 Å². The highest BCUT2D eigenvalue weighted by Gasteiger charge is 2.41. The van der Waals surface area contributed by atoms with Gasteiger partial charge < -0.3 is 25.2 Å². The second-order valence-corrected chi connectivity index (χ2v) is 5.67. The third-order valence-corrected chi connectivity index (χ3v) is 4.12. The molecule has 2 rings (SSSR count). The van der Waals surface area contributed by atoms with Gasteiger partial charge >= 0.3 is 0 Å². The van der Waals surface area contributed by atoms with Crippen LogP contribution in [0.5, 0.6) is 0 Å². The van der Waals surface area contributed by atoms with E-state index in [1.54, 1.807) is 7.11 Å². The summed E-state index contributed by atoms with van der Waals surface area (Å²) in [5.74, 6) is -0.0174. The van der Waals surface area contributed by atoms with Crippen LogP contribution in [0.15, 0.2) is 0 Å². The van der Waals surface area contributed by atoms with Crippen LogP contribution in [0, 0.1) is 5.41 Å². The Labute approximate surface area is 113 Å². The number of piperidine rings is 1. The lowest BCUT2D eigenvalue weighted by molar-refractivity contribution is -0.137. The van der Waals surface area contributed by atoms with E-state index >= 15 is 0 Å². The summed E-state index contributed by atoms with van der Waals surface area (Å²) in [6, 6.07) is 0. The zero-order valence-corrected chi connectivity index (χ0v) is 11.5. The maximum absolute atomic E-state index is 12.4. The van der Waals surface area contributed by atoms with E-state index in [1.165, 1.54) is 0 Å². The van der Waals surface area contributed by atoms with Crippen LogP contribution in [0.4, 0.5) is 0 Å². The Kier molecular flexibility index (Phi) is 4.78. The van der Waals surface area contributed by atoms with Gasteiger partial charge in [-0.2, -0.15) is 0 Å². The van der Waals surface area contributed by atoms with Gasteiger partial charge in [-0.25, -0.2) is 0 Å². The molecule has 0 aromatic heterocycles. The fourth-order valence-electron chi connectivity index (χ4n) is 2.79. The Morgan fingerprint density at radius 3 is 2.74 bits per heavy atom. The van der Waals surface area contributed by atoms with Crippen molar-refractivity contribution < 1.29 is 19.4 Å². The first-order chi connectivity index (χ1) is 9.10. The molecule has 0 saturated carbocycles. The van der Waals surface area contributed by atoms with Crippen molar-refractivity contribution in [3.8, 4) is 0 Å². The molecule has 6 heteroatoms. The Morgan fingerprint density at radius 2 is 2.16 bits per heavy atom. The van der Waals surface area contributed by atoms with Gasteiger partial charge in [0.1, 0.15) is 5.60 Å². The fraction of sp³-hybridized carbons (Fsp3) is 0.923. The number of nitrogens with one attached hydrogen (secondary N) is 2. The number of rotatable bonds is 5. The molecule has 1 unspecified atom stereocenters. The highest BCUT2D eigenvalue weighted by molar-refractivity contribution is 5.83. The number of hydrogen-bond donors (Lipinski definition) is 3. The molecule has 0 bridgehead atoms. The van der Waals surface area contributed by atoms with Crippen LogP contribution in [0.3, 0.4) is 0 Å². The Bertz CT molecular complexity index is 304. The molecule has 0 aliphatic carbocycles. The van der Waals surface area contributed by atoms with E-state index in [-0.39, 0.29) is 12.5 Å².